The van der Waals surface area contributed by atoms with E-state index in [0.717, 1.165) is 11.8 Å². The SMILES string of the molecule is CCCCCCC1CN=C(C)S1. The van der Waals surface area contributed by atoms with Crippen LogP contribution in [-0.2, 0) is 0 Å². The van der Waals surface area contributed by atoms with Crippen molar-refractivity contribution >= 4 is 16.8 Å². The molecule has 0 radical (unpaired) electrons. The summed E-state index contributed by atoms with van der Waals surface area (Å²) in [6.45, 7) is 5.46. The van der Waals surface area contributed by atoms with Crippen LogP contribution in [0.3, 0.4) is 0 Å². The van der Waals surface area contributed by atoms with Gasteiger partial charge in [-0.2, -0.15) is 0 Å². The van der Waals surface area contributed by atoms with Crippen molar-refractivity contribution in [2.45, 2.75) is 51.2 Å². The van der Waals surface area contributed by atoms with Crippen molar-refractivity contribution in [2.75, 3.05) is 6.54 Å². The van der Waals surface area contributed by atoms with Crippen LogP contribution < -0.4 is 0 Å². The molecular formula is C10H19NS. The molecule has 0 spiro atoms. The second-order valence-electron chi connectivity index (χ2n) is 3.45. The Morgan fingerprint density at radius 1 is 1.42 bits per heavy atom. The largest absolute Gasteiger partial charge is 0.282 e. The lowest BCUT2D eigenvalue weighted by Gasteiger charge is -2.06. The van der Waals surface area contributed by atoms with Crippen LogP contribution in [0.1, 0.15) is 46.0 Å². The molecule has 1 aliphatic rings. The fraction of sp³-hybridized carbons (Fsp3) is 0.900. The molecule has 0 fully saturated rings. The topological polar surface area (TPSA) is 12.4 Å². The number of rotatable bonds is 5. The van der Waals surface area contributed by atoms with Crippen molar-refractivity contribution in [3.05, 3.63) is 0 Å². The summed E-state index contributed by atoms with van der Waals surface area (Å²) in [6.07, 6.45) is 6.91. The van der Waals surface area contributed by atoms with Crippen LogP contribution in [0.2, 0.25) is 0 Å². The summed E-state index contributed by atoms with van der Waals surface area (Å²) < 4.78 is 0. The van der Waals surface area contributed by atoms with Crippen LogP contribution >= 0.6 is 11.8 Å². The van der Waals surface area contributed by atoms with E-state index in [0.29, 0.717) is 0 Å². The lowest BCUT2D eigenvalue weighted by atomic mass is 10.1. The lowest BCUT2D eigenvalue weighted by molar-refractivity contribution is 0.623. The second kappa shape index (κ2) is 5.63. The van der Waals surface area contributed by atoms with Crippen molar-refractivity contribution in [3.63, 3.8) is 0 Å². The smallest absolute Gasteiger partial charge is 0.0648 e. The first-order chi connectivity index (χ1) is 5.83. The monoisotopic (exact) mass is 185 g/mol. The first-order valence-electron chi connectivity index (χ1n) is 5.00. The highest BCUT2D eigenvalue weighted by Crippen LogP contribution is 2.25. The Balaban J connectivity index is 1.95. The molecule has 70 valence electrons. The van der Waals surface area contributed by atoms with E-state index in [9.17, 15) is 0 Å². The minimum absolute atomic E-state index is 0.807. The minimum Gasteiger partial charge on any atom is -0.282 e. The van der Waals surface area contributed by atoms with Gasteiger partial charge in [-0.15, -0.1) is 11.8 Å². The van der Waals surface area contributed by atoms with Crippen molar-refractivity contribution < 1.29 is 0 Å². The Morgan fingerprint density at radius 3 is 2.83 bits per heavy atom. The Hall–Kier alpha value is 0.0200. The molecular weight excluding hydrogens is 166 g/mol. The third-order valence-corrected chi connectivity index (χ3v) is 3.42. The van der Waals surface area contributed by atoms with Gasteiger partial charge in [-0.1, -0.05) is 32.6 Å². The standard InChI is InChI=1S/C10H19NS/c1-3-4-5-6-7-10-8-11-9(2)12-10/h10H,3-8H2,1-2H3. The third kappa shape index (κ3) is 3.61. The first kappa shape index (κ1) is 10.1. The molecule has 1 nitrogen and oxygen atoms in total. The van der Waals surface area contributed by atoms with Crippen molar-refractivity contribution in [1.82, 2.24) is 0 Å². The lowest BCUT2D eigenvalue weighted by Crippen LogP contribution is -2.02. The summed E-state index contributed by atoms with van der Waals surface area (Å²) in [5.41, 5.74) is 0. The molecule has 0 aromatic heterocycles. The quantitative estimate of drug-likeness (QED) is 0.597. The van der Waals surface area contributed by atoms with Gasteiger partial charge in [0.1, 0.15) is 0 Å². The molecule has 12 heavy (non-hydrogen) atoms. The molecule has 1 unspecified atom stereocenters. The highest BCUT2D eigenvalue weighted by Gasteiger charge is 2.15. The predicted octanol–water partition coefficient (Wildman–Crippen LogP) is 3.49. The molecule has 1 rings (SSSR count). The molecule has 0 amide bonds. The highest BCUT2D eigenvalue weighted by atomic mass is 32.2. The van der Waals surface area contributed by atoms with Crippen LogP contribution in [-0.4, -0.2) is 16.8 Å². The van der Waals surface area contributed by atoms with E-state index in [2.05, 4.69) is 18.8 Å². The van der Waals surface area contributed by atoms with Crippen LogP contribution in [0.4, 0.5) is 0 Å². The number of hydrogen-bond donors (Lipinski definition) is 0. The van der Waals surface area contributed by atoms with E-state index in [4.69, 9.17) is 0 Å². The molecule has 0 saturated carbocycles. The maximum Gasteiger partial charge on any atom is 0.0648 e. The summed E-state index contributed by atoms with van der Waals surface area (Å²) in [6, 6.07) is 0. The van der Waals surface area contributed by atoms with Crippen molar-refractivity contribution in [3.8, 4) is 0 Å². The molecule has 1 heterocycles. The molecule has 1 aliphatic heterocycles. The zero-order valence-corrected chi connectivity index (χ0v) is 8.99. The number of aliphatic imine (C=N–C) groups is 1. The first-order valence-corrected chi connectivity index (χ1v) is 5.88. The number of thioether (sulfide) groups is 1. The fourth-order valence-electron chi connectivity index (χ4n) is 1.50. The normalized spacial score (nSPS) is 22.8. The number of nitrogens with zero attached hydrogens (tertiary/aromatic N) is 1. The van der Waals surface area contributed by atoms with Gasteiger partial charge in [-0.25, -0.2) is 0 Å². The van der Waals surface area contributed by atoms with E-state index < -0.39 is 0 Å². The van der Waals surface area contributed by atoms with Gasteiger partial charge in [0.25, 0.3) is 0 Å². The molecule has 0 aromatic carbocycles. The van der Waals surface area contributed by atoms with Crippen molar-refractivity contribution in [2.24, 2.45) is 4.99 Å². The van der Waals surface area contributed by atoms with Gasteiger partial charge in [0.05, 0.1) is 11.6 Å². The van der Waals surface area contributed by atoms with E-state index >= 15 is 0 Å². The summed E-state index contributed by atoms with van der Waals surface area (Å²) in [7, 11) is 0. The average Bonchev–Trinajstić information content (AvgIpc) is 2.45. The summed E-state index contributed by atoms with van der Waals surface area (Å²) >= 11 is 1.97. The van der Waals surface area contributed by atoms with Gasteiger partial charge in [-0.05, 0) is 13.3 Å². The maximum atomic E-state index is 4.40. The minimum atomic E-state index is 0.807. The Morgan fingerprint density at radius 2 is 2.25 bits per heavy atom. The molecule has 0 aromatic rings. The highest BCUT2D eigenvalue weighted by molar-refractivity contribution is 8.14. The molecule has 0 saturated heterocycles. The van der Waals surface area contributed by atoms with E-state index in [1.165, 1.54) is 37.1 Å². The molecule has 0 N–H and O–H groups in total. The predicted molar refractivity (Wildman–Crippen MR) is 58.1 cm³/mol. The van der Waals surface area contributed by atoms with Gasteiger partial charge in [0, 0.05) is 5.25 Å². The average molecular weight is 185 g/mol. The maximum absolute atomic E-state index is 4.40. The van der Waals surface area contributed by atoms with Crippen LogP contribution in [0.15, 0.2) is 4.99 Å². The Kier molecular flexibility index (Phi) is 4.74. The van der Waals surface area contributed by atoms with Crippen molar-refractivity contribution in [1.29, 1.82) is 0 Å². The molecule has 0 bridgehead atoms. The van der Waals surface area contributed by atoms with Gasteiger partial charge in [0.2, 0.25) is 0 Å². The van der Waals surface area contributed by atoms with E-state index in [1.807, 2.05) is 11.8 Å². The van der Waals surface area contributed by atoms with Gasteiger partial charge in [0.15, 0.2) is 0 Å². The van der Waals surface area contributed by atoms with Crippen LogP contribution in [0, 0.1) is 0 Å². The summed E-state index contributed by atoms with van der Waals surface area (Å²) in [5.74, 6) is 0. The van der Waals surface area contributed by atoms with E-state index in [1.54, 1.807) is 0 Å². The zero-order valence-electron chi connectivity index (χ0n) is 8.18. The van der Waals surface area contributed by atoms with Gasteiger partial charge >= 0.3 is 0 Å². The van der Waals surface area contributed by atoms with Crippen LogP contribution in [0.25, 0.3) is 0 Å². The summed E-state index contributed by atoms with van der Waals surface area (Å²) in [4.78, 5) is 4.40. The Bertz CT molecular complexity index is 154. The Labute approximate surface area is 80.0 Å². The molecule has 0 aliphatic carbocycles. The summed E-state index contributed by atoms with van der Waals surface area (Å²) in [5, 5.41) is 2.09. The third-order valence-electron chi connectivity index (χ3n) is 2.23. The van der Waals surface area contributed by atoms with Gasteiger partial charge in [-0.3, -0.25) is 4.99 Å². The fourth-order valence-corrected chi connectivity index (χ4v) is 2.56. The van der Waals surface area contributed by atoms with Crippen LogP contribution in [0.5, 0.6) is 0 Å². The molecule has 1 atom stereocenters. The van der Waals surface area contributed by atoms with Gasteiger partial charge < -0.3 is 0 Å². The number of hydrogen-bond acceptors (Lipinski definition) is 2. The zero-order chi connectivity index (χ0) is 8.81. The van der Waals surface area contributed by atoms with E-state index in [-0.39, 0.29) is 0 Å². The number of unbranched alkanes of at least 4 members (excludes halogenated alkanes) is 3. The second-order valence-corrected chi connectivity index (χ2v) is 4.94. The molecule has 2 heteroatoms.